The summed E-state index contributed by atoms with van der Waals surface area (Å²) in [5.74, 6) is 0. The quantitative estimate of drug-likeness (QED) is 0.508. The van der Waals surface area contributed by atoms with Gasteiger partial charge in [-0.15, -0.1) is 23.2 Å². The van der Waals surface area contributed by atoms with Crippen molar-refractivity contribution in [1.29, 1.82) is 0 Å². The van der Waals surface area contributed by atoms with Crippen LogP contribution in [0, 0.1) is 6.92 Å². The minimum atomic E-state index is -0.722. The molecule has 1 atom stereocenters. The lowest BCUT2D eigenvalue weighted by molar-refractivity contribution is 0.151. The standard InChI is InChI=1S/C12H15Cl2NO2S/c1-3-17-12(16)15-11(10(13)14)18-9-6-4-8(2)5-7-9/h4-7,10-11H,3H2,1-2H3,(H,15,16). The molecule has 1 unspecified atom stereocenters. The number of carbonyl (C=O) groups is 1. The molecule has 0 saturated heterocycles. The van der Waals surface area contributed by atoms with E-state index in [1.807, 2.05) is 31.2 Å². The molecule has 100 valence electrons. The number of thioether (sulfide) groups is 1. The highest BCUT2D eigenvalue weighted by Crippen LogP contribution is 2.28. The Balaban J connectivity index is 2.62. The third-order valence-corrected chi connectivity index (χ3v) is 4.04. The van der Waals surface area contributed by atoms with E-state index in [1.165, 1.54) is 17.3 Å². The van der Waals surface area contributed by atoms with Crippen LogP contribution < -0.4 is 5.32 Å². The molecule has 0 saturated carbocycles. The van der Waals surface area contributed by atoms with Crippen LogP contribution >= 0.6 is 35.0 Å². The first-order valence-corrected chi connectivity index (χ1v) is 7.23. The molecule has 1 amide bonds. The Morgan fingerprint density at radius 2 is 2.00 bits per heavy atom. The van der Waals surface area contributed by atoms with Crippen LogP contribution in [0.25, 0.3) is 0 Å². The molecule has 0 aliphatic rings. The van der Waals surface area contributed by atoms with Crippen LogP contribution in [0.4, 0.5) is 4.79 Å². The zero-order valence-corrected chi connectivity index (χ0v) is 12.5. The molecule has 0 bridgehead atoms. The average molecular weight is 308 g/mol. The molecule has 0 fully saturated rings. The Morgan fingerprint density at radius 3 is 2.50 bits per heavy atom. The normalized spacial score (nSPS) is 12.3. The Kier molecular flexibility index (Phi) is 6.68. The first kappa shape index (κ1) is 15.5. The minimum Gasteiger partial charge on any atom is -0.450 e. The Morgan fingerprint density at radius 1 is 1.39 bits per heavy atom. The number of hydrogen-bond acceptors (Lipinski definition) is 3. The largest absolute Gasteiger partial charge is 0.450 e. The monoisotopic (exact) mass is 307 g/mol. The number of ether oxygens (including phenoxy) is 1. The number of rotatable bonds is 5. The van der Waals surface area contributed by atoms with Crippen LogP contribution in [0.15, 0.2) is 29.2 Å². The van der Waals surface area contributed by atoms with Gasteiger partial charge >= 0.3 is 6.09 Å². The van der Waals surface area contributed by atoms with Crippen molar-refractivity contribution in [1.82, 2.24) is 5.32 Å². The zero-order valence-electron chi connectivity index (χ0n) is 10.2. The van der Waals surface area contributed by atoms with Gasteiger partial charge in [-0.3, -0.25) is 0 Å². The third kappa shape index (κ3) is 5.38. The number of alkyl carbamates (subject to hydrolysis) is 1. The molecule has 6 heteroatoms. The van der Waals surface area contributed by atoms with Crippen molar-refractivity contribution < 1.29 is 9.53 Å². The Hall–Kier alpha value is -0.580. The van der Waals surface area contributed by atoms with Crippen LogP contribution in [-0.2, 0) is 4.74 Å². The molecule has 1 aromatic rings. The van der Waals surface area contributed by atoms with Crippen molar-refractivity contribution in [2.24, 2.45) is 0 Å². The summed E-state index contributed by atoms with van der Waals surface area (Å²) in [4.78, 5) is 11.6. The van der Waals surface area contributed by atoms with Gasteiger partial charge in [-0.25, -0.2) is 4.79 Å². The lowest BCUT2D eigenvalue weighted by atomic mass is 10.2. The Labute approximate surface area is 121 Å². The summed E-state index contributed by atoms with van der Waals surface area (Å²) in [6.07, 6.45) is -0.520. The van der Waals surface area contributed by atoms with E-state index in [2.05, 4.69) is 5.32 Å². The Bertz CT molecular complexity index is 384. The number of benzene rings is 1. The van der Waals surface area contributed by atoms with Gasteiger partial charge in [0.1, 0.15) is 10.2 Å². The van der Waals surface area contributed by atoms with Crippen LogP contribution in [0.3, 0.4) is 0 Å². The molecule has 0 aromatic heterocycles. The van der Waals surface area contributed by atoms with Crippen LogP contribution in [-0.4, -0.2) is 22.9 Å². The van der Waals surface area contributed by atoms with Gasteiger partial charge in [0.25, 0.3) is 0 Å². The molecular weight excluding hydrogens is 293 g/mol. The van der Waals surface area contributed by atoms with Crippen molar-refractivity contribution in [3.8, 4) is 0 Å². The van der Waals surface area contributed by atoms with Gasteiger partial charge in [0, 0.05) is 4.90 Å². The second-order valence-electron chi connectivity index (χ2n) is 3.55. The van der Waals surface area contributed by atoms with E-state index in [9.17, 15) is 4.79 Å². The smallest absolute Gasteiger partial charge is 0.408 e. The summed E-state index contributed by atoms with van der Waals surface area (Å²) in [7, 11) is 0. The van der Waals surface area contributed by atoms with E-state index in [4.69, 9.17) is 27.9 Å². The highest BCUT2D eigenvalue weighted by atomic mass is 35.5. The summed E-state index contributed by atoms with van der Waals surface area (Å²) in [6, 6.07) is 7.88. The molecule has 0 aliphatic heterocycles. The summed E-state index contributed by atoms with van der Waals surface area (Å²) in [5.41, 5.74) is 1.17. The number of halogens is 2. The molecule has 0 heterocycles. The predicted octanol–water partition coefficient (Wildman–Crippen LogP) is 3.96. The maximum atomic E-state index is 11.3. The third-order valence-electron chi connectivity index (χ3n) is 2.05. The van der Waals surface area contributed by atoms with Gasteiger partial charge in [0.05, 0.1) is 6.61 Å². The number of carbonyl (C=O) groups excluding carboxylic acids is 1. The topological polar surface area (TPSA) is 38.3 Å². The van der Waals surface area contributed by atoms with Gasteiger partial charge in [-0.1, -0.05) is 29.5 Å². The fourth-order valence-corrected chi connectivity index (χ4v) is 2.48. The van der Waals surface area contributed by atoms with Crippen molar-refractivity contribution in [3.05, 3.63) is 29.8 Å². The van der Waals surface area contributed by atoms with Crippen molar-refractivity contribution in [3.63, 3.8) is 0 Å². The zero-order chi connectivity index (χ0) is 13.5. The van der Waals surface area contributed by atoms with Gasteiger partial charge < -0.3 is 10.1 Å². The van der Waals surface area contributed by atoms with Crippen LogP contribution in [0.1, 0.15) is 12.5 Å². The summed E-state index contributed by atoms with van der Waals surface area (Å²) in [6.45, 7) is 4.05. The van der Waals surface area contributed by atoms with Gasteiger partial charge in [-0.05, 0) is 26.0 Å². The van der Waals surface area contributed by atoms with E-state index in [1.54, 1.807) is 6.92 Å². The highest BCUT2D eigenvalue weighted by molar-refractivity contribution is 8.00. The van der Waals surface area contributed by atoms with E-state index < -0.39 is 16.3 Å². The summed E-state index contributed by atoms with van der Waals surface area (Å²) >= 11 is 13.1. The second-order valence-corrected chi connectivity index (χ2v) is 5.93. The maximum Gasteiger partial charge on any atom is 0.408 e. The van der Waals surface area contributed by atoms with Crippen molar-refractivity contribution in [2.45, 2.75) is 29.0 Å². The molecule has 1 rings (SSSR count). The number of alkyl halides is 2. The predicted molar refractivity (Wildman–Crippen MR) is 76.5 cm³/mol. The molecule has 18 heavy (non-hydrogen) atoms. The molecule has 3 nitrogen and oxygen atoms in total. The number of aryl methyl sites for hydroxylation is 1. The fourth-order valence-electron chi connectivity index (χ4n) is 1.20. The van der Waals surface area contributed by atoms with Gasteiger partial charge in [0.15, 0.2) is 0 Å². The lowest BCUT2D eigenvalue weighted by Gasteiger charge is -2.18. The molecule has 0 spiro atoms. The summed E-state index contributed by atoms with van der Waals surface area (Å²) in [5, 5.41) is 2.17. The molecule has 0 radical (unpaired) electrons. The highest BCUT2D eigenvalue weighted by Gasteiger charge is 2.21. The number of hydrogen-bond donors (Lipinski definition) is 1. The fraction of sp³-hybridized carbons (Fsp3) is 0.417. The molecule has 1 aromatic carbocycles. The molecule has 1 N–H and O–H groups in total. The average Bonchev–Trinajstić information content (AvgIpc) is 2.31. The maximum absolute atomic E-state index is 11.3. The van der Waals surface area contributed by atoms with E-state index in [-0.39, 0.29) is 0 Å². The lowest BCUT2D eigenvalue weighted by Crippen LogP contribution is -2.37. The first-order valence-electron chi connectivity index (χ1n) is 5.47. The van der Waals surface area contributed by atoms with Crippen molar-refractivity contribution >= 4 is 41.1 Å². The van der Waals surface area contributed by atoms with E-state index in [0.717, 1.165) is 4.90 Å². The molecular formula is C12H15Cl2NO2S. The van der Waals surface area contributed by atoms with E-state index >= 15 is 0 Å². The SMILES string of the molecule is CCOC(=O)NC(Sc1ccc(C)cc1)C(Cl)Cl. The number of nitrogens with one attached hydrogen (secondary N) is 1. The molecule has 0 aliphatic carbocycles. The first-order chi connectivity index (χ1) is 8.52. The van der Waals surface area contributed by atoms with Gasteiger partial charge in [-0.2, -0.15) is 0 Å². The minimum absolute atomic E-state index is 0.309. The van der Waals surface area contributed by atoms with Crippen LogP contribution in [0.2, 0.25) is 0 Å². The second kappa shape index (κ2) is 7.77. The van der Waals surface area contributed by atoms with Crippen LogP contribution in [0.5, 0.6) is 0 Å². The van der Waals surface area contributed by atoms with E-state index in [0.29, 0.717) is 6.61 Å². The van der Waals surface area contributed by atoms with Gasteiger partial charge in [0.2, 0.25) is 0 Å². The number of amides is 1. The van der Waals surface area contributed by atoms with Crippen molar-refractivity contribution in [2.75, 3.05) is 6.61 Å². The summed E-state index contributed by atoms with van der Waals surface area (Å²) < 4.78 is 4.80.